The number of hydrogen-bond acceptors (Lipinski definition) is 5. The Hall–Kier alpha value is -2.77. The normalized spacial score (nSPS) is 16.3. The number of nitrogens with zero attached hydrogens (tertiary/aromatic N) is 4. The average Bonchev–Trinajstić information content (AvgIpc) is 3.10. The Bertz CT molecular complexity index is 833. The molecule has 1 aromatic carbocycles. The van der Waals surface area contributed by atoms with Crippen molar-refractivity contribution in [3.8, 4) is 11.5 Å². The quantitative estimate of drug-likeness (QED) is 0.401. The summed E-state index contributed by atoms with van der Waals surface area (Å²) in [6, 6.07) is 6.44. The Morgan fingerprint density at radius 2 is 2.21 bits per heavy atom. The third kappa shape index (κ3) is 5.62. The van der Waals surface area contributed by atoms with Crippen LogP contribution in [-0.2, 0) is 19.4 Å². The molecule has 0 bridgehead atoms. The first-order chi connectivity index (χ1) is 14.1. The Balaban J connectivity index is 1.44. The topological polar surface area (TPSA) is 85.6 Å². The lowest BCUT2D eigenvalue weighted by Gasteiger charge is -2.25. The van der Waals surface area contributed by atoms with E-state index in [4.69, 9.17) is 9.47 Å². The van der Waals surface area contributed by atoms with Crippen LogP contribution in [0.15, 0.2) is 23.2 Å². The predicted molar refractivity (Wildman–Crippen MR) is 114 cm³/mol. The van der Waals surface area contributed by atoms with Crippen molar-refractivity contribution in [3.63, 3.8) is 0 Å². The van der Waals surface area contributed by atoms with Crippen LogP contribution in [0.3, 0.4) is 0 Å². The van der Waals surface area contributed by atoms with Crippen molar-refractivity contribution in [3.05, 3.63) is 35.4 Å². The minimum atomic E-state index is 0.310. The number of ether oxygens (including phenoxy) is 2. The van der Waals surface area contributed by atoms with Crippen molar-refractivity contribution in [2.24, 2.45) is 4.99 Å². The maximum absolute atomic E-state index is 5.66. The molecule has 8 nitrogen and oxygen atoms in total. The highest BCUT2D eigenvalue weighted by Gasteiger charge is 2.21. The molecule has 2 heterocycles. The van der Waals surface area contributed by atoms with Crippen LogP contribution in [0.5, 0.6) is 11.5 Å². The molecular formula is C21H32N6O2. The maximum Gasteiger partial charge on any atom is 0.191 e. The van der Waals surface area contributed by atoms with E-state index in [1.807, 2.05) is 24.6 Å². The Kier molecular flexibility index (Phi) is 7.32. The van der Waals surface area contributed by atoms with Gasteiger partial charge in [-0.25, -0.2) is 9.67 Å². The first-order valence-corrected chi connectivity index (χ1v) is 10.3. The minimum Gasteiger partial charge on any atom is -0.493 e. The monoisotopic (exact) mass is 400 g/mol. The zero-order valence-corrected chi connectivity index (χ0v) is 17.9. The number of fused-ring (bicyclic) bond motifs is 1. The molecule has 0 aliphatic carbocycles. The van der Waals surface area contributed by atoms with Gasteiger partial charge in [-0.1, -0.05) is 6.07 Å². The van der Waals surface area contributed by atoms with E-state index in [2.05, 4.69) is 37.8 Å². The van der Waals surface area contributed by atoms with Crippen LogP contribution in [0.1, 0.15) is 37.0 Å². The number of aryl methyl sites for hydroxylation is 3. The summed E-state index contributed by atoms with van der Waals surface area (Å²) in [5.74, 6) is 4.33. The van der Waals surface area contributed by atoms with Gasteiger partial charge >= 0.3 is 0 Å². The fourth-order valence-electron chi connectivity index (χ4n) is 3.58. The first-order valence-electron chi connectivity index (χ1n) is 10.3. The first kappa shape index (κ1) is 21.0. The molecule has 1 aliphatic rings. The molecule has 8 heteroatoms. The Morgan fingerprint density at radius 1 is 1.34 bits per heavy atom. The van der Waals surface area contributed by atoms with E-state index in [1.165, 1.54) is 5.56 Å². The molecule has 0 amide bonds. The third-order valence-electron chi connectivity index (χ3n) is 4.99. The van der Waals surface area contributed by atoms with Crippen molar-refractivity contribution in [2.75, 3.05) is 27.3 Å². The van der Waals surface area contributed by atoms with E-state index in [0.29, 0.717) is 12.6 Å². The molecule has 0 spiro atoms. The second kappa shape index (κ2) is 10.1. The number of benzene rings is 1. The Morgan fingerprint density at radius 3 is 2.97 bits per heavy atom. The molecule has 0 radical (unpaired) electrons. The Labute approximate surface area is 172 Å². The van der Waals surface area contributed by atoms with Crippen LogP contribution >= 0.6 is 0 Å². The highest BCUT2D eigenvalue weighted by molar-refractivity contribution is 5.79. The molecule has 0 saturated carbocycles. The number of aliphatic imine (C=N–C) groups is 1. The number of nitrogens with one attached hydrogen (secondary N) is 2. The number of aromatic nitrogens is 3. The molecule has 3 rings (SSSR count). The van der Waals surface area contributed by atoms with Gasteiger partial charge in [0.05, 0.1) is 20.3 Å². The van der Waals surface area contributed by atoms with Crippen molar-refractivity contribution in [1.82, 2.24) is 25.4 Å². The lowest BCUT2D eigenvalue weighted by molar-refractivity contribution is 0.310. The maximum atomic E-state index is 5.66. The fraction of sp³-hybridized carbons (Fsp3) is 0.571. The van der Waals surface area contributed by atoms with E-state index < -0.39 is 0 Å². The molecule has 1 aliphatic heterocycles. The van der Waals surface area contributed by atoms with E-state index in [-0.39, 0.29) is 0 Å². The van der Waals surface area contributed by atoms with Crippen LogP contribution in [0.25, 0.3) is 0 Å². The van der Waals surface area contributed by atoms with Crippen molar-refractivity contribution >= 4 is 5.96 Å². The van der Waals surface area contributed by atoms with E-state index in [0.717, 1.165) is 67.9 Å². The van der Waals surface area contributed by atoms with Crippen LogP contribution in [0.2, 0.25) is 0 Å². The lowest BCUT2D eigenvalue weighted by atomic mass is 10.1. The van der Waals surface area contributed by atoms with Crippen LogP contribution < -0.4 is 20.1 Å². The molecule has 1 unspecified atom stereocenters. The van der Waals surface area contributed by atoms with Crippen LogP contribution in [-0.4, -0.2) is 54.1 Å². The summed E-state index contributed by atoms with van der Waals surface area (Å²) in [5, 5.41) is 11.4. The van der Waals surface area contributed by atoms with Crippen LogP contribution in [0.4, 0.5) is 0 Å². The smallest absolute Gasteiger partial charge is 0.191 e. The zero-order chi connectivity index (χ0) is 20.6. The number of rotatable bonds is 8. The fourth-order valence-corrected chi connectivity index (χ4v) is 3.58. The van der Waals surface area contributed by atoms with Gasteiger partial charge < -0.3 is 20.1 Å². The minimum absolute atomic E-state index is 0.310. The van der Waals surface area contributed by atoms with E-state index >= 15 is 0 Å². The summed E-state index contributed by atoms with van der Waals surface area (Å²) in [5.41, 5.74) is 1.24. The lowest BCUT2D eigenvalue weighted by Crippen LogP contribution is -2.47. The average molecular weight is 401 g/mol. The van der Waals surface area contributed by atoms with Gasteiger partial charge in [-0.05, 0) is 50.8 Å². The summed E-state index contributed by atoms with van der Waals surface area (Å²) >= 11 is 0. The molecule has 0 fully saturated rings. The zero-order valence-electron chi connectivity index (χ0n) is 17.9. The molecular weight excluding hydrogens is 368 g/mol. The van der Waals surface area contributed by atoms with Gasteiger partial charge in [0.25, 0.3) is 0 Å². The summed E-state index contributed by atoms with van der Waals surface area (Å²) < 4.78 is 13.0. The number of guanidine groups is 1. The van der Waals surface area contributed by atoms with Gasteiger partial charge in [-0.3, -0.25) is 4.99 Å². The SMILES string of the molecule is CCOc1cc(CCCNC(=NC)NC2CCc3nc(C)nn3C2)ccc1OC. The van der Waals surface area contributed by atoms with Crippen molar-refractivity contribution in [1.29, 1.82) is 0 Å². The standard InChI is InChI=1S/C21H32N6O2/c1-5-29-19-13-16(8-10-18(19)28-4)7-6-12-23-21(22-3)25-17-9-11-20-24-15(2)26-27(20)14-17/h8,10,13,17H,5-7,9,11-12,14H2,1-4H3,(H2,22,23,25). The molecule has 0 saturated heterocycles. The molecule has 2 N–H and O–H groups in total. The highest BCUT2D eigenvalue weighted by atomic mass is 16.5. The highest BCUT2D eigenvalue weighted by Crippen LogP contribution is 2.28. The summed E-state index contributed by atoms with van der Waals surface area (Å²) in [6.45, 7) is 6.21. The summed E-state index contributed by atoms with van der Waals surface area (Å²) in [7, 11) is 3.47. The second-order valence-corrected chi connectivity index (χ2v) is 7.16. The molecule has 1 atom stereocenters. The summed E-state index contributed by atoms with van der Waals surface area (Å²) in [6.07, 6.45) is 3.93. The van der Waals surface area contributed by atoms with Crippen molar-refractivity contribution < 1.29 is 9.47 Å². The van der Waals surface area contributed by atoms with Gasteiger partial charge in [0.1, 0.15) is 11.6 Å². The van der Waals surface area contributed by atoms with E-state index in [1.54, 1.807) is 14.2 Å². The molecule has 29 heavy (non-hydrogen) atoms. The van der Waals surface area contributed by atoms with Gasteiger partial charge in [0, 0.05) is 26.1 Å². The third-order valence-corrected chi connectivity index (χ3v) is 4.99. The molecule has 1 aromatic heterocycles. The van der Waals surface area contributed by atoms with Gasteiger partial charge in [-0.2, -0.15) is 5.10 Å². The van der Waals surface area contributed by atoms with Gasteiger partial charge in [0.2, 0.25) is 0 Å². The predicted octanol–water partition coefficient (Wildman–Crippen LogP) is 2.11. The van der Waals surface area contributed by atoms with E-state index in [9.17, 15) is 0 Å². The van der Waals surface area contributed by atoms with Gasteiger partial charge in [0.15, 0.2) is 17.5 Å². The summed E-state index contributed by atoms with van der Waals surface area (Å²) in [4.78, 5) is 8.83. The molecule has 2 aromatic rings. The largest absolute Gasteiger partial charge is 0.493 e. The number of methoxy groups -OCH3 is 1. The second-order valence-electron chi connectivity index (χ2n) is 7.16. The number of hydrogen-bond donors (Lipinski definition) is 2. The van der Waals surface area contributed by atoms with Gasteiger partial charge in [-0.15, -0.1) is 0 Å². The van der Waals surface area contributed by atoms with Crippen molar-refractivity contribution in [2.45, 2.75) is 52.1 Å². The molecule has 158 valence electrons. The van der Waals surface area contributed by atoms with Crippen LogP contribution in [0, 0.1) is 6.92 Å².